The molecule has 3 aromatic carbocycles. The van der Waals surface area contributed by atoms with E-state index >= 15 is 0 Å². The molecule has 3 rings (SSSR count). The van der Waals surface area contributed by atoms with Gasteiger partial charge in [0.15, 0.2) is 0 Å². The maximum absolute atomic E-state index is 5.34. The van der Waals surface area contributed by atoms with Crippen LogP contribution in [0.2, 0.25) is 0 Å². The van der Waals surface area contributed by atoms with Crippen molar-refractivity contribution in [1.82, 2.24) is 5.32 Å². The molecule has 1 unspecified atom stereocenters. The van der Waals surface area contributed by atoms with E-state index in [-0.39, 0.29) is 0 Å². The van der Waals surface area contributed by atoms with Crippen molar-refractivity contribution in [3.05, 3.63) is 75.4 Å². The molecule has 0 fully saturated rings. The summed E-state index contributed by atoms with van der Waals surface area (Å²) in [5.74, 6) is 0.929. The summed E-state index contributed by atoms with van der Waals surface area (Å²) >= 11 is 2.40. The lowest BCUT2D eigenvalue weighted by Crippen LogP contribution is -2.30. The second-order valence-corrected chi connectivity index (χ2v) is 7.61. The van der Waals surface area contributed by atoms with Gasteiger partial charge in [-0.1, -0.05) is 42.5 Å². The first-order valence-corrected chi connectivity index (χ1v) is 9.77. The van der Waals surface area contributed by atoms with E-state index in [2.05, 4.69) is 89.4 Å². The van der Waals surface area contributed by atoms with Gasteiger partial charge in [0.1, 0.15) is 5.75 Å². The molecule has 2 nitrogen and oxygen atoms in total. The molecule has 3 aromatic rings. The zero-order valence-electron chi connectivity index (χ0n) is 14.8. The van der Waals surface area contributed by atoms with Gasteiger partial charge in [-0.2, -0.15) is 0 Å². The molecule has 0 bridgehead atoms. The lowest BCUT2D eigenvalue weighted by molar-refractivity contribution is 0.413. The number of hydrogen-bond donors (Lipinski definition) is 1. The number of rotatable bonds is 7. The smallest absolute Gasteiger partial charge is 0.119 e. The summed E-state index contributed by atoms with van der Waals surface area (Å²) in [7, 11) is 1.72. The highest BCUT2D eigenvalue weighted by molar-refractivity contribution is 14.1. The minimum atomic E-state index is 0.432. The standard InChI is InChI=1S/C22H24INO/c1-16(13-20-15-21(25-2)9-10-22(20)23)24-12-11-17-7-8-18-5-3-4-6-19(18)14-17/h3-10,14-16,24H,11-13H2,1-2H3. The zero-order valence-corrected chi connectivity index (χ0v) is 16.9. The highest BCUT2D eigenvalue weighted by Gasteiger charge is 2.08. The van der Waals surface area contributed by atoms with Crippen molar-refractivity contribution in [2.24, 2.45) is 0 Å². The molecule has 0 saturated carbocycles. The SMILES string of the molecule is COc1ccc(I)c(CC(C)NCCc2ccc3ccccc3c2)c1. The van der Waals surface area contributed by atoms with Gasteiger partial charge in [0, 0.05) is 9.61 Å². The molecular weight excluding hydrogens is 421 g/mol. The number of ether oxygens (including phenoxy) is 1. The van der Waals surface area contributed by atoms with Gasteiger partial charge in [0.25, 0.3) is 0 Å². The number of nitrogens with one attached hydrogen (secondary N) is 1. The molecule has 0 amide bonds. The van der Waals surface area contributed by atoms with E-state index < -0.39 is 0 Å². The van der Waals surface area contributed by atoms with E-state index in [1.807, 2.05) is 6.07 Å². The summed E-state index contributed by atoms with van der Waals surface area (Å²) in [5, 5.41) is 6.27. The van der Waals surface area contributed by atoms with Gasteiger partial charge in [-0.3, -0.25) is 0 Å². The Hall–Kier alpha value is -1.59. The molecule has 130 valence electrons. The minimum Gasteiger partial charge on any atom is -0.497 e. The van der Waals surface area contributed by atoms with Crippen LogP contribution >= 0.6 is 22.6 Å². The molecule has 3 heteroatoms. The Balaban J connectivity index is 1.54. The number of methoxy groups -OCH3 is 1. The van der Waals surface area contributed by atoms with Crippen molar-refractivity contribution in [2.45, 2.75) is 25.8 Å². The predicted molar refractivity (Wildman–Crippen MR) is 115 cm³/mol. The van der Waals surface area contributed by atoms with Crippen molar-refractivity contribution >= 4 is 33.4 Å². The van der Waals surface area contributed by atoms with Gasteiger partial charge in [-0.05, 0) is 89.0 Å². The number of hydrogen-bond acceptors (Lipinski definition) is 2. The first-order valence-electron chi connectivity index (χ1n) is 8.69. The van der Waals surface area contributed by atoms with Gasteiger partial charge in [-0.15, -0.1) is 0 Å². The number of benzene rings is 3. The fourth-order valence-corrected chi connectivity index (χ4v) is 3.65. The van der Waals surface area contributed by atoms with Crippen molar-refractivity contribution in [2.75, 3.05) is 13.7 Å². The first kappa shape index (κ1) is 18.2. The van der Waals surface area contributed by atoms with Gasteiger partial charge >= 0.3 is 0 Å². The van der Waals surface area contributed by atoms with E-state index in [0.29, 0.717) is 6.04 Å². The molecule has 0 aliphatic rings. The second-order valence-electron chi connectivity index (χ2n) is 6.45. The summed E-state index contributed by atoms with van der Waals surface area (Å²) < 4.78 is 6.63. The van der Waals surface area contributed by atoms with Crippen molar-refractivity contribution in [3.8, 4) is 5.75 Å². The normalized spacial score (nSPS) is 12.3. The molecule has 0 spiro atoms. The predicted octanol–water partition coefficient (Wildman–Crippen LogP) is 5.22. The van der Waals surface area contributed by atoms with Gasteiger partial charge in [-0.25, -0.2) is 0 Å². The fraction of sp³-hybridized carbons (Fsp3) is 0.273. The summed E-state index contributed by atoms with van der Waals surface area (Å²) in [4.78, 5) is 0. The summed E-state index contributed by atoms with van der Waals surface area (Å²) in [6.45, 7) is 3.23. The lowest BCUT2D eigenvalue weighted by Gasteiger charge is -2.16. The van der Waals surface area contributed by atoms with Gasteiger partial charge in [0.2, 0.25) is 0 Å². The quantitative estimate of drug-likeness (QED) is 0.504. The average Bonchev–Trinajstić information content (AvgIpc) is 2.63. The van der Waals surface area contributed by atoms with E-state index in [1.54, 1.807) is 7.11 Å². The number of fused-ring (bicyclic) bond motifs is 1. The Kier molecular flexibility index (Phi) is 6.32. The van der Waals surface area contributed by atoms with Crippen LogP contribution in [0.3, 0.4) is 0 Å². The number of halogens is 1. The lowest BCUT2D eigenvalue weighted by atomic mass is 10.0. The van der Waals surface area contributed by atoms with E-state index in [0.717, 1.165) is 25.1 Å². The largest absolute Gasteiger partial charge is 0.497 e. The molecule has 0 heterocycles. The summed E-state index contributed by atoms with van der Waals surface area (Å²) in [6, 6.07) is 22.0. The molecule has 1 atom stereocenters. The van der Waals surface area contributed by atoms with E-state index in [4.69, 9.17) is 4.74 Å². The monoisotopic (exact) mass is 445 g/mol. The third kappa shape index (κ3) is 4.95. The first-order chi connectivity index (χ1) is 12.2. The van der Waals surface area contributed by atoms with Crippen LogP contribution in [0.15, 0.2) is 60.7 Å². The van der Waals surface area contributed by atoms with E-state index in [1.165, 1.54) is 25.5 Å². The summed E-state index contributed by atoms with van der Waals surface area (Å²) in [5.41, 5.74) is 2.72. The topological polar surface area (TPSA) is 21.3 Å². The molecule has 0 aliphatic carbocycles. The van der Waals surface area contributed by atoms with Crippen LogP contribution in [0.4, 0.5) is 0 Å². The van der Waals surface area contributed by atoms with Crippen LogP contribution in [0.1, 0.15) is 18.1 Å². The maximum Gasteiger partial charge on any atom is 0.119 e. The van der Waals surface area contributed by atoms with Gasteiger partial charge < -0.3 is 10.1 Å². The van der Waals surface area contributed by atoms with Crippen molar-refractivity contribution in [3.63, 3.8) is 0 Å². The Morgan fingerprint density at radius 3 is 2.60 bits per heavy atom. The summed E-state index contributed by atoms with van der Waals surface area (Å²) in [6.07, 6.45) is 2.05. The van der Waals surface area contributed by atoms with Gasteiger partial charge in [0.05, 0.1) is 7.11 Å². The zero-order chi connectivity index (χ0) is 17.6. The Bertz CT molecular complexity index is 846. The third-order valence-electron chi connectivity index (χ3n) is 4.50. The van der Waals surface area contributed by atoms with Crippen LogP contribution in [0.25, 0.3) is 10.8 Å². The van der Waals surface area contributed by atoms with Crippen LogP contribution in [0, 0.1) is 3.57 Å². The third-order valence-corrected chi connectivity index (χ3v) is 5.55. The molecule has 0 aromatic heterocycles. The molecule has 0 saturated heterocycles. The van der Waals surface area contributed by atoms with Crippen molar-refractivity contribution in [1.29, 1.82) is 0 Å². The van der Waals surface area contributed by atoms with E-state index in [9.17, 15) is 0 Å². The molecular formula is C22H24INO. The molecule has 0 radical (unpaired) electrons. The Morgan fingerprint density at radius 2 is 1.80 bits per heavy atom. The van der Waals surface area contributed by atoms with Crippen molar-refractivity contribution < 1.29 is 4.74 Å². The Morgan fingerprint density at radius 1 is 1.00 bits per heavy atom. The van der Waals surface area contributed by atoms with Crippen LogP contribution in [-0.2, 0) is 12.8 Å². The molecule has 25 heavy (non-hydrogen) atoms. The molecule has 1 N–H and O–H groups in total. The fourth-order valence-electron chi connectivity index (χ4n) is 3.09. The van der Waals surface area contributed by atoms with Crippen LogP contribution in [0.5, 0.6) is 5.75 Å². The highest BCUT2D eigenvalue weighted by Crippen LogP contribution is 2.21. The maximum atomic E-state index is 5.34. The molecule has 0 aliphatic heterocycles. The second kappa shape index (κ2) is 8.68. The highest BCUT2D eigenvalue weighted by atomic mass is 127. The minimum absolute atomic E-state index is 0.432. The Labute approximate surface area is 163 Å². The average molecular weight is 445 g/mol. The van der Waals surface area contributed by atoms with Crippen LogP contribution < -0.4 is 10.1 Å². The van der Waals surface area contributed by atoms with Crippen LogP contribution in [-0.4, -0.2) is 19.7 Å².